The highest BCUT2D eigenvalue weighted by molar-refractivity contribution is 7.98. The molecular formula is C25H27ClN2O4S2. The maximum absolute atomic E-state index is 13.5. The number of hydrogen-bond acceptors (Lipinski definition) is 5. The van der Waals surface area contributed by atoms with Crippen molar-refractivity contribution >= 4 is 45.0 Å². The number of benzene rings is 3. The monoisotopic (exact) mass is 518 g/mol. The van der Waals surface area contributed by atoms with Gasteiger partial charge in [0.2, 0.25) is 5.91 Å². The number of halogens is 1. The van der Waals surface area contributed by atoms with Gasteiger partial charge in [-0.15, -0.1) is 0 Å². The average molecular weight is 519 g/mol. The first-order valence-corrected chi connectivity index (χ1v) is 13.8. The molecule has 3 aromatic rings. The number of anilines is 1. The topological polar surface area (TPSA) is 75.7 Å². The summed E-state index contributed by atoms with van der Waals surface area (Å²) in [6.45, 7) is 2.24. The predicted octanol–water partition coefficient (Wildman–Crippen LogP) is 4.98. The second kappa shape index (κ2) is 12.7. The number of hydrogen-bond donors (Lipinski definition) is 1. The van der Waals surface area contributed by atoms with E-state index in [2.05, 4.69) is 5.32 Å². The fourth-order valence-corrected chi connectivity index (χ4v) is 5.70. The molecule has 34 heavy (non-hydrogen) atoms. The van der Waals surface area contributed by atoms with Gasteiger partial charge < -0.3 is 10.1 Å². The molecule has 0 atom stereocenters. The molecule has 6 nitrogen and oxygen atoms in total. The van der Waals surface area contributed by atoms with Crippen LogP contribution in [0.15, 0.2) is 83.8 Å². The number of nitrogens with one attached hydrogen (secondary N) is 1. The van der Waals surface area contributed by atoms with Crippen LogP contribution in [0, 0.1) is 0 Å². The van der Waals surface area contributed by atoms with Gasteiger partial charge in [-0.1, -0.05) is 54.1 Å². The SMILES string of the molecule is CCOc1ccccc1N(CC(=O)NCCSCc1cccc(Cl)c1)S(=O)(=O)c1ccccc1. The minimum absolute atomic E-state index is 0.103. The van der Waals surface area contributed by atoms with E-state index in [1.54, 1.807) is 54.2 Å². The standard InChI is InChI=1S/C25H27ClN2O4S2/c1-2-32-24-14-7-6-13-23(24)28(34(30,31)22-11-4-3-5-12-22)18-25(29)27-15-16-33-19-20-9-8-10-21(26)17-20/h3-14,17H,2,15-16,18-19H2,1H3,(H,27,29). The minimum Gasteiger partial charge on any atom is -0.492 e. The third-order valence-electron chi connectivity index (χ3n) is 4.78. The molecule has 0 aliphatic heterocycles. The molecule has 0 unspecified atom stereocenters. The van der Waals surface area contributed by atoms with E-state index < -0.39 is 15.9 Å². The van der Waals surface area contributed by atoms with Gasteiger partial charge in [0, 0.05) is 23.1 Å². The van der Waals surface area contributed by atoms with Crippen molar-refractivity contribution in [2.24, 2.45) is 0 Å². The highest BCUT2D eigenvalue weighted by Gasteiger charge is 2.29. The smallest absolute Gasteiger partial charge is 0.264 e. The summed E-state index contributed by atoms with van der Waals surface area (Å²) in [5.41, 5.74) is 1.43. The molecular weight excluding hydrogens is 492 g/mol. The Kier molecular flexibility index (Phi) is 9.68. The van der Waals surface area contributed by atoms with E-state index >= 15 is 0 Å². The van der Waals surface area contributed by atoms with E-state index in [1.165, 1.54) is 12.1 Å². The van der Waals surface area contributed by atoms with Crippen LogP contribution in [0.4, 0.5) is 5.69 Å². The lowest BCUT2D eigenvalue weighted by molar-refractivity contribution is -0.119. The first kappa shape index (κ1) is 25.9. The maximum Gasteiger partial charge on any atom is 0.264 e. The molecule has 0 spiro atoms. The van der Waals surface area contributed by atoms with Crippen LogP contribution in [0.5, 0.6) is 5.75 Å². The average Bonchev–Trinajstić information content (AvgIpc) is 2.83. The summed E-state index contributed by atoms with van der Waals surface area (Å²) >= 11 is 7.67. The first-order valence-electron chi connectivity index (χ1n) is 10.8. The largest absolute Gasteiger partial charge is 0.492 e. The van der Waals surface area contributed by atoms with Gasteiger partial charge in [-0.3, -0.25) is 9.10 Å². The van der Waals surface area contributed by atoms with Crippen LogP contribution >= 0.6 is 23.4 Å². The van der Waals surface area contributed by atoms with Gasteiger partial charge in [0.15, 0.2) is 0 Å². The molecule has 0 aromatic heterocycles. The molecule has 3 rings (SSSR count). The van der Waals surface area contributed by atoms with Crippen molar-refractivity contribution in [1.29, 1.82) is 0 Å². The summed E-state index contributed by atoms with van der Waals surface area (Å²) in [5.74, 6) is 1.45. The van der Waals surface area contributed by atoms with Gasteiger partial charge in [-0.25, -0.2) is 8.42 Å². The lowest BCUT2D eigenvalue weighted by Crippen LogP contribution is -2.41. The highest BCUT2D eigenvalue weighted by Crippen LogP contribution is 2.32. The van der Waals surface area contributed by atoms with Gasteiger partial charge >= 0.3 is 0 Å². The van der Waals surface area contributed by atoms with Crippen molar-refractivity contribution in [2.75, 3.05) is 29.8 Å². The number of thioether (sulfide) groups is 1. The van der Waals surface area contributed by atoms with Crippen LogP contribution in [0.25, 0.3) is 0 Å². The fourth-order valence-electron chi connectivity index (χ4n) is 3.23. The third-order valence-corrected chi connectivity index (χ3v) is 7.82. The van der Waals surface area contributed by atoms with Crippen LogP contribution in [0.1, 0.15) is 12.5 Å². The molecule has 3 aromatic carbocycles. The van der Waals surface area contributed by atoms with Gasteiger partial charge in [-0.2, -0.15) is 11.8 Å². The number of para-hydroxylation sites is 2. The van der Waals surface area contributed by atoms with Gasteiger partial charge in [0.25, 0.3) is 10.0 Å². The molecule has 0 fully saturated rings. The molecule has 0 aliphatic carbocycles. The molecule has 180 valence electrons. The summed E-state index contributed by atoms with van der Waals surface area (Å²) in [6, 6.07) is 22.5. The second-order valence-electron chi connectivity index (χ2n) is 7.26. The number of nitrogens with zero attached hydrogens (tertiary/aromatic N) is 1. The molecule has 9 heteroatoms. The Morgan fingerprint density at radius 2 is 1.76 bits per heavy atom. The molecule has 1 amide bonds. The van der Waals surface area contributed by atoms with Crippen molar-refractivity contribution < 1.29 is 17.9 Å². The summed E-state index contributed by atoms with van der Waals surface area (Å²) in [7, 11) is -3.99. The fraction of sp³-hybridized carbons (Fsp3) is 0.240. The number of carbonyl (C=O) groups is 1. The number of ether oxygens (including phenoxy) is 1. The zero-order chi connectivity index (χ0) is 24.4. The number of carbonyl (C=O) groups excluding carboxylic acids is 1. The van der Waals surface area contributed by atoms with Crippen molar-refractivity contribution in [3.63, 3.8) is 0 Å². The molecule has 1 N–H and O–H groups in total. The second-order valence-corrected chi connectivity index (χ2v) is 10.7. The minimum atomic E-state index is -3.99. The zero-order valence-electron chi connectivity index (χ0n) is 18.8. The number of amides is 1. The van der Waals surface area contributed by atoms with E-state index in [0.29, 0.717) is 35.4 Å². The lowest BCUT2D eigenvalue weighted by Gasteiger charge is -2.26. The quantitative estimate of drug-likeness (QED) is 0.342. The predicted molar refractivity (Wildman–Crippen MR) is 139 cm³/mol. The molecule has 0 bridgehead atoms. The van der Waals surface area contributed by atoms with Crippen LogP contribution < -0.4 is 14.4 Å². The van der Waals surface area contributed by atoms with Crippen molar-refractivity contribution in [3.05, 3.63) is 89.4 Å². The van der Waals surface area contributed by atoms with Crippen LogP contribution in [-0.4, -0.2) is 39.8 Å². The van der Waals surface area contributed by atoms with Crippen molar-refractivity contribution in [1.82, 2.24) is 5.32 Å². The molecule has 0 heterocycles. The summed E-state index contributed by atoms with van der Waals surface area (Å²) < 4.78 is 33.7. The van der Waals surface area contributed by atoms with Gasteiger partial charge in [0.05, 0.1) is 17.2 Å². The van der Waals surface area contributed by atoms with E-state index in [4.69, 9.17) is 16.3 Å². The zero-order valence-corrected chi connectivity index (χ0v) is 21.2. The van der Waals surface area contributed by atoms with Crippen LogP contribution in [0.2, 0.25) is 5.02 Å². The van der Waals surface area contributed by atoms with E-state index in [1.807, 2.05) is 31.2 Å². The Hall–Kier alpha value is -2.68. The van der Waals surface area contributed by atoms with E-state index in [0.717, 1.165) is 15.6 Å². The van der Waals surface area contributed by atoms with E-state index in [9.17, 15) is 13.2 Å². The van der Waals surface area contributed by atoms with Crippen LogP contribution in [-0.2, 0) is 20.6 Å². The molecule has 0 saturated heterocycles. The Morgan fingerprint density at radius 1 is 1.03 bits per heavy atom. The lowest BCUT2D eigenvalue weighted by atomic mass is 10.2. The number of rotatable bonds is 12. The first-order chi connectivity index (χ1) is 16.4. The van der Waals surface area contributed by atoms with E-state index in [-0.39, 0.29) is 11.4 Å². The summed E-state index contributed by atoms with van der Waals surface area (Å²) in [6.07, 6.45) is 0. The number of sulfonamides is 1. The Labute approximate surface area is 210 Å². The molecule has 0 aliphatic rings. The normalized spacial score (nSPS) is 11.1. The summed E-state index contributed by atoms with van der Waals surface area (Å²) in [5, 5.41) is 3.52. The van der Waals surface area contributed by atoms with Crippen molar-refractivity contribution in [3.8, 4) is 5.75 Å². The Balaban J connectivity index is 1.68. The van der Waals surface area contributed by atoms with Crippen LogP contribution in [0.3, 0.4) is 0 Å². The van der Waals surface area contributed by atoms with Gasteiger partial charge in [-0.05, 0) is 48.9 Å². The third kappa shape index (κ3) is 7.16. The van der Waals surface area contributed by atoms with Gasteiger partial charge in [0.1, 0.15) is 12.3 Å². The van der Waals surface area contributed by atoms with Crippen molar-refractivity contribution in [2.45, 2.75) is 17.6 Å². The summed E-state index contributed by atoms with van der Waals surface area (Å²) in [4.78, 5) is 12.9. The Morgan fingerprint density at radius 3 is 2.50 bits per heavy atom. The molecule has 0 saturated carbocycles. The molecule has 0 radical (unpaired) electrons. The maximum atomic E-state index is 13.5. The Bertz CT molecular complexity index is 1190. The highest BCUT2D eigenvalue weighted by atomic mass is 35.5.